The van der Waals surface area contributed by atoms with Crippen LogP contribution in [-0.2, 0) is 24.4 Å². The van der Waals surface area contributed by atoms with E-state index >= 15 is 0 Å². The second-order valence-electron chi connectivity index (χ2n) is 7.42. The Morgan fingerprint density at radius 2 is 2.03 bits per heavy atom. The topological polar surface area (TPSA) is 137 Å². The van der Waals surface area contributed by atoms with Gasteiger partial charge in [-0.15, -0.1) is 0 Å². The number of nitrogens with zero attached hydrogens (tertiary/aromatic N) is 6. The van der Waals surface area contributed by atoms with Crippen LogP contribution in [0.2, 0.25) is 0 Å². The number of likely N-dealkylation sites (N-methyl/N-ethyl adjacent to an activating group) is 1. The molecule has 4 aromatic rings. The number of imidazole rings is 1. The van der Waals surface area contributed by atoms with E-state index in [2.05, 4.69) is 35.2 Å². The molecule has 3 aromatic heterocycles. The Labute approximate surface area is 187 Å². The third-order valence-corrected chi connectivity index (χ3v) is 5.04. The fraction of sp³-hybridized carbons (Fsp3) is 0.300. The number of nitrogens with one attached hydrogen (secondary N) is 2. The van der Waals surface area contributed by atoms with Crippen LogP contribution in [0.5, 0.6) is 0 Å². The van der Waals surface area contributed by atoms with Gasteiger partial charge in [-0.2, -0.15) is 10.1 Å². The molecule has 0 bridgehead atoms. The van der Waals surface area contributed by atoms with E-state index in [0.717, 1.165) is 24.2 Å². The number of rotatable bonds is 10. The fourth-order valence-corrected chi connectivity index (χ4v) is 3.41. The van der Waals surface area contributed by atoms with Crippen molar-refractivity contribution in [2.75, 3.05) is 27.2 Å². The van der Waals surface area contributed by atoms with Gasteiger partial charge in [-0.25, -0.2) is 14.2 Å². The first-order valence-corrected chi connectivity index (χ1v) is 11.0. The molecule has 0 saturated carbocycles. The van der Waals surface area contributed by atoms with Crippen LogP contribution in [0.4, 0.5) is 0 Å². The van der Waals surface area contributed by atoms with E-state index in [1.807, 2.05) is 50.6 Å². The summed E-state index contributed by atoms with van der Waals surface area (Å²) in [6, 6.07) is 9.26. The second-order valence-corrected chi connectivity index (χ2v) is 8.18. The summed E-state index contributed by atoms with van der Waals surface area (Å²) in [4.78, 5) is 11.2. The monoisotopic (exact) mass is 455 g/mol. The number of fused-ring (bicyclic) bond motifs is 1. The summed E-state index contributed by atoms with van der Waals surface area (Å²) in [5.41, 5.74) is 3.63. The Hall–Kier alpha value is -3.03. The highest BCUT2D eigenvalue weighted by molar-refractivity contribution is 7.77. The molecule has 12 heteroatoms. The lowest BCUT2D eigenvalue weighted by Crippen LogP contribution is -2.26. The molecule has 0 aliphatic carbocycles. The number of benzene rings is 1. The van der Waals surface area contributed by atoms with Gasteiger partial charge in [-0.05, 0) is 50.0 Å². The molecule has 0 spiro atoms. The largest absolute Gasteiger partial charge is 0.760 e. The van der Waals surface area contributed by atoms with Gasteiger partial charge in [0.2, 0.25) is 11.7 Å². The second kappa shape index (κ2) is 10.1. The van der Waals surface area contributed by atoms with Crippen molar-refractivity contribution in [3.05, 3.63) is 54.2 Å². The molecule has 1 aromatic carbocycles. The smallest absolute Gasteiger partial charge is 0.240 e. The SMILES string of the molecule is CN(C)CCNCc1nc(-c2cc(CNS(=O)[O-])cc(-c3cn4ncccc4n3)c2)no1. The Kier molecular flexibility index (Phi) is 6.97. The van der Waals surface area contributed by atoms with E-state index in [1.54, 1.807) is 10.7 Å². The lowest BCUT2D eigenvalue weighted by atomic mass is 10.0. The highest BCUT2D eigenvalue weighted by atomic mass is 32.2. The van der Waals surface area contributed by atoms with Gasteiger partial charge in [0.15, 0.2) is 5.65 Å². The van der Waals surface area contributed by atoms with Crippen LogP contribution in [-0.4, -0.2) is 65.6 Å². The maximum Gasteiger partial charge on any atom is 0.240 e. The van der Waals surface area contributed by atoms with Gasteiger partial charge < -0.3 is 19.3 Å². The van der Waals surface area contributed by atoms with Gasteiger partial charge in [-0.3, -0.25) is 4.21 Å². The number of hydrogen-bond acceptors (Lipinski definition) is 9. The van der Waals surface area contributed by atoms with E-state index < -0.39 is 11.3 Å². The van der Waals surface area contributed by atoms with Gasteiger partial charge >= 0.3 is 0 Å². The molecular weight excluding hydrogens is 432 g/mol. The summed E-state index contributed by atoms with van der Waals surface area (Å²) in [6.45, 7) is 2.28. The zero-order valence-electron chi connectivity index (χ0n) is 17.7. The lowest BCUT2D eigenvalue weighted by Gasteiger charge is -2.10. The molecule has 32 heavy (non-hydrogen) atoms. The molecular formula is C20H23N8O3S-. The normalized spacial score (nSPS) is 12.6. The fourth-order valence-electron chi connectivity index (χ4n) is 3.13. The highest BCUT2D eigenvalue weighted by Gasteiger charge is 2.13. The molecule has 0 aliphatic heterocycles. The Morgan fingerprint density at radius 1 is 1.19 bits per heavy atom. The molecule has 1 atom stereocenters. The predicted octanol–water partition coefficient (Wildman–Crippen LogP) is 0.981. The average molecular weight is 456 g/mol. The van der Waals surface area contributed by atoms with Crippen molar-refractivity contribution in [1.29, 1.82) is 0 Å². The summed E-state index contributed by atoms with van der Waals surface area (Å²) < 4.78 is 31.4. The van der Waals surface area contributed by atoms with Crippen molar-refractivity contribution >= 4 is 16.9 Å². The van der Waals surface area contributed by atoms with Gasteiger partial charge in [0, 0.05) is 48.2 Å². The third kappa shape index (κ3) is 5.60. The minimum atomic E-state index is -2.38. The molecule has 0 saturated heterocycles. The maximum absolute atomic E-state index is 11.0. The van der Waals surface area contributed by atoms with Crippen molar-refractivity contribution in [2.45, 2.75) is 13.1 Å². The Bertz CT molecular complexity index is 1190. The maximum atomic E-state index is 11.0. The first-order chi connectivity index (χ1) is 15.5. The van der Waals surface area contributed by atoms with E-state index in [-0.39, 0.29) is 6.54 Å². The van der Waals surface area contributed by atoms with Crippen LogP contribution in [0.25, 0.3) is 28.3 Å². The first kappa shape index (κ1) is 22.2. The molecule has 168 valence electrons. The first-order valence-electron chi connectivity index (χ1n) is 9.94. The Balaban J connectivity index is 1.61. The van der Waals surface area contributed by atoms with Crippen LogP contribution in [0.1, 0.15) is 11.5 Å². The summed E-state index contributed by atoms with van der Waals surface area (Å²) in [5.74, 6) is 0.893. The summed E-state index contributed by atoms with van der Waals surface area (Å²) >= 11 is -2.38. The zero-order chi connectivity index (χ0) is 22.5. The molecule has 0 amide bonds. The predicted molar refractivity (Wildman–Crippen MR) is 118 cm³/mol. The van der Waals surface area contributed by atoms with E-state index in [1.165, 1.54) is 0 Å². The van der Waals surface area contributed by atoms with Gasteiger partial charge in [0.25, 0.3) is 0 Å². The number of aromatic nitrogens is 5. The van der Waals surface area contributed by atoms with Crippen molar-refractivity contribution in [1.82, 2.24) is 39.7 Å². The van der Waals surface area contributed by atoms with Gasteiger partial charge in [0.1, 0.15) is 0 Å². The van der Waals surface area contributed by atoms with Crippen LogP contribution in [0, 0.1) is 0 Å². The molecule has 0 fully saturated rings. The van der Waals surface area contributed by atoms with Crippen LogP contribution in [0.15, 0.2) is 47.2 Å². The van der Waals surface area contributed by atoms with Crippen LogP contribution >= 0.6 is 0 Å². The van der Waals surface area contributed by atoms with Crippen LogP contribution in [0.3, 0.4) is 0 Å². The molecule has 0 radical (unpaired) electrons. The van der Waals surface area contributed by atoms with Crippen LogP contribution < -0.4 is 10.0 Å². The molecule has 11 nitrogen and oxygen atoms in total. The van der Waals surface area contributed by atoms with Crippen molar-refractivity contribution in [3.63, 3.8) is 0 Å². The summed E-state index contributed by atoms with van der Waals surface area (Å²) in [7, 11) is 4.01. The van der Waals surface area contributed by atoms with Crippen molar-refractivity contribution in [2.24, 2.45) is 0 Å². The molecule has 0 aliphatic rings. The molecule has 1 unspecified atom stereocenters. The van der Waals surface area contributed by atoms with Gasteiger partial charge in [-0.1, -0.05) is 5.16 Å². The van der Waals surface area contributed by atoms with E-state index in [9.17, 15) is 8.76 Å². The quantitative estimate of drug-likeness (QED) is 0.265. The third-order valence-electron chi connectivity index (χ3n) is 4.66. The molecule has 4 rings (SSSR count). The minimum absolute atomic E-state index is 0.124. The minimum Gasteiger partial charge on any atom is -0.760 e. The van der Waals surface area contributed by atoms with Crippen molar-refractivity contribution < 1.29 is 13.3 Å². The highest BCUT2D eigenvalue weighted by Crippen LogP contribution is 2.27. The summed E-state index contributed by atoms with van der Waals surface area (Å²) in [5, 5.41) is 11.6. The van der Waals surface area contributed by atoms with Gasteiger partial charge in [0.05, 0.1) is 18.4 Å². The molecule has 2 N–H and O–H groups in total. The van der Waals surface area contributed by atoms with Crippen molar-refractivity contribution in [3.8, 4) is 22.6 Å². The Morgan fingerprint density at radius 3 is 2.81 bits per heavy atom. The number of hydrogen-bond donors (Lipinski definition) is 2. The molecule has 3 heterocycles. The lowest BCUT2D eigenvalue weighted by molar-refractivity contribution is 0.355. The van der Waals surface area contributed by atoms with E-state index in [0.29, 0.717) is 35.2 Å². The summed E-state index contributed by atoms with van der Waals surface area (Å²) in [6.07, 6.45) is 3.49. The average Bonchev–Trinajstić information content (AvgIpc) is 3.42. The van der Waals surface area contributed by atoms with E-state index in [4.69, 9.17) is 4.52 Å². The standard InChI is InChI=1S/C20H24N8O3S/c1-27(2)7-6-21-12-19-25-20(26-31-19)16-9-14(11-23-32(29)30)8-15(10-16)17-13-28-18(24-17)4-3-5-22-28/h3-5,8-10,13,21,23H,6-7,11-12H2,1-2H3,(H,29,30)/p-1. The zero-order valence-corrected chi connectivity index (χ0v) is 18.5.